The fraction of sp³-hybridized carbons (Fsp3) is 0.360. The molecule has 162 valence electrons. The molecule has 4 rings (SSSR count). The third-order valence-corrected chi connectivity index (χ3v) is 6.11. The van der Waals surface area contributed by atoms with E-state index in [9.17, 15) is 9.59 Å². The van der Waals surface area contributed by atoms with Crippen LogP contribution in [0, 0.1) is 0 Å². The van der Waals surface area contributed by atoms with Gasteiger partial charge in [-0.3, -0.25) is 14.5 Å². The molecule has 1 amide bonds. The first-order chi connectivity index (χ1) is 14.9. The average Bonchev–Trinajstić information content (AvgIpc) is 2.78. The quantitative estimate of drug-likeness (QED) is 0.722. The molecule has 1 aliphatic carbocycles. The van der Waals surface area contributed by atoms with Crippen molar-refractivity contribution in [1.82, 2.24) is 0 Å². The van der Waals surface area contributed by atoms with E-state index in [1.54, 1.807) is 25.2 Å². The summed E-state index contributed by atoms with van der Waals surface area (Å²) in [5.74, 6) is 1.09. The van der Waals surface area contributed by atoms with Crippen LogP contribution in [0.1, 0.15) is 37.2 Å². The number of rotatable bonds is 5. The molecule has 0 N–H and O–H groups in total. The number of allylic oxidation sites excluding steroid dienone is 2. The number of hydrogen-bond acceptors (Lipinski definition) is 5. The zero-order valence-electron chi connectivity index (χ0n) is 18.5. The number of nitrogens with zero attached hydrogens (tertiary/aromatic N) is 2. The van der Waals surface area contributed by atoms with E-state index in [1.807, 2.05) is 55.4 Å². The lowest BCUT2D eigenvalue weighted by Crippen LogP contribution is -2.40. The van der Waals surface area contributed by atoms with E-state index in [0.717, 1.165) is 28.9 Å². The topological polar surface area (TPSA) is 59.1 Å². The number of amides is 1. The van der Waals surface area contributed by atoms with Gasteiger partial charge in [-0.2, -0.15) is 0 Å². The highest BCUT2D eigenvalue weighted by Gasteiger charge is 2.40. The molecular weight excluding hydrogens is 392 g/mol. The van der Waals surface area contributed by atoms with Gasteiger partial charge in [-0.1, -0.05) is 12.1 Å². The molecular formula is C25H28N2O4. The van der Waals surface area contributed by atoms with Crippen LogP contribution in [0.3, 0.4) is 0 Å². The van der Waals surface area contributed by atoms with E-state index in [2.05, 4.69) is 0 Å². The number of ether oxygens (including phenoxy) is 2. The SMILES string of the molecule is COc1ccc(N2C(=O)CC(c3ccc(N(C)C)cc3)C3=C2CCCC3=O)c(OC)c1. The van der Waals surface area contributed by atoms with Crippen LogP contribution in [0.15, 0.2) is 53.7 Å². The zero-order valence-corrected chi connectivity index (χ0v) is 18.5. The standard InChI is InChI=1S/C25H28N2O4/c1-26(2)17-10-8-16(9-11-17)19-15-24(29)27(21-6-5-7-22(28)25(19)21)20-13-12-18(30-3)14-23(20)31-4/h8-14,19H,5-7,15H2,1-4H3. The maximum Gasteiger partial charge on any atom is 0.232 e. The number of hydrogen-bond donors (Lipinski definition) is 0. The molecule has 6 heteroatoms. The van der Waals surface area contributed by atoms with Crippen LogP contribution in [-0.4, -0.2) is 40.0 Å². The van der Waals surface area contributed by atoms with Crippen LogP contribution in [0.4, 0.5) is 11.4 Å². The fourth-order valence-corrected chi connectivity index (χ4v) is 4.53. The Bertz CT molecular complexity index is 1040. The fourth-order valence-electron chi connectivity index (χ4n) is 4.53. The first-order valence-electron chi connectivity index (χ1n) is 10.5. The van der Waals surface area contributed by atoms with Gasteiger partial charge in [-0.05, 0) is 42.7 Å². The minimum Gasteiger partial charge on any atom is -0.497 e. The van der Waals surface area contributed by atoms with Crippen LogP contribution in [0.25, 0.3) is 0 Å². The molecule has 6 nitrogen and oxygen atoms in total. The summed E-state index contributed by atoms with van der Waals surface area (Å²) in [6.07, 6.45) is 2.20. The van der Waals surface area contributed by atoms with Crippen molar-refractivity contribution >= 4 is 23.1 Å². The molecule has 31 heavy (non-hydrogen) atoms. The number of anilines is 2. The van der Waals surface area contributed by atoms with Gasteiger partial charge in [0.25, 0.3) is 0 Å². The lowest BCUT2D eigenvalue weighted by atomic mass is 9.77. The van der Waals surface area contributed by atoms with Gasteiger partial charge in [0.05, 0.1) is 19.9 Å². The highest BCUT2D eigenvalue weighted by atomic mass is 16.5. The van der Waals surface area contributed by atoms with Crippen molar-refractivity contribution in [2.75, 3.05) is 38.1 Å². The lowest BCUT2D eigenvalue weighted by molar-refractivity contribution is -0.120. The molecule has 0 radical (unpaired) electrons. The molecule has 1 aliphatic heterocycles. The second-order valence-electron chi connectivity index (χ2n) is 8.15. The maximum atomic E-state index is 13.4. The van der Waals surface area contributed by atoms with E-state index in [-0.39, 0.29) is 24.0 Å². The second-order valence-corrected chi connectivity index (χ2v) is 8.15. The molecule has 1 heterocycles. The van der Waals surface area contributed by atoms with Gasteiger partial charge < -0.3 is 14.4 Å². The third kappa shape index (κ3) is 3.78. The predicted octanol–water partition coefficient (Wildman–Crippen LogP) is 4.30. The first-order valence-corrected chi connectivity index (χ1v) is 10.5. The first kappa shape index (κ1) is 21.0. The van der Waals surface area contributed by atoms with Crippen molar-refractivity contribution in [2.45, 2.75) is 31.6 Å². The van der Waals surface area contributed by atoms with Crippen LogP contribution >= 0.6 is 0 Å². The molecule has 0 fully saturated rings. The van der Waals surface area contributed by atoms with Crippen LogP contribution < -0.4 is 19.3 Å². The highest BCUT2D eigenvalue weighted by molar-refractivity contribution is 6.08. The van der Waals surface area contributed by atoms with Crippen molar-refractivity contribution in [3.63, 3.8) is 0 Å². The Labute approximate surface area is 183 Å². The molecule has 0 saturated heterocycles. The zero-order chi connectivity index (χ0) is 22.1. The van der Waals surface area contributed by atoms with Crippen molar-refractivity contribution in [1.29, 1.82) is 0 Å². The van der Waals surface area contributed by atoms with E-state index < -0.39 is 0 Å². The van der Waals surface area contributed by atoms with E-state index in [0.29, 0.717) is 30.0 Å². The van der Waals surface area contributed by atoms with Crippen molar-refractivity contribution in [3.8, 4) is 11.5 Å². The van der Waals surface area contributed by atoms with Crippen molar-refractivity contribution < 1.29 is 19.1 Å². The summed E-state index contributed by atoms with van der Waals surface area (Å²) >= 11 is 0. The van der Waals surface area contributed by atoms with Gasteiger partial charge in [0.2, 0.25) is 5.91 Å². The Morgan fingerprint density at radius 2 is 1.71 bits per heavy atom. The summed E-state index contributed by atoms with van der Waals surface area (Å²) in [7, 11) is 7.14. The molecule has 0 bridgehead atoms. The van der Waals surface area contributed by atoms with Crippen LogP contribution in [0.2, 0.25) is 0 Å². The van der Waals surface area contributed by atoms with Gasteiger partial charge in [0.1, 0.15) is 11.5 Å². The van der Waals surface area contributed by atoms with Crippen LogP contribution in [0.5, 0.6) is 11.5 Å². The van der Waals surface area contributed by atoms with E-state index >= 15 is 0 Å². The minimum absolute atomic E-state index is 0.0291. The summed E-state index contributed by atoms with van der Waals surface area (Å²) in [5, 5.41) is 0. The molecule has 2 aromatic rings. The van der Waals surface area contributed by atoms with Gasteiger partial charge in [0.15, 0.2) is 5.78 Å². The lowest BCUT2D eigenvalue weighted by Gasteiger charge is -2.38. The Morgan fingerprint density at radius 3 is 2.35 bits per heavy atom. The number of benzene rings is 2. The summed E-state index contributed by atoms with van der Waals surface area (Å²) in [6, 6.07) is 13.5. The average molecular weight is 421 g/mol. The summed E-state index contributed by atoms with van der Waals surface area (Å²) in [5.41, 5.74) is 4.30. The molecule has 0 aromatic heterocycles. The van der Waals surface area contributed by atoms with Gasteiger partial charge in [-0.15, -0.1) is 0 Å². The van der Waals surface area contributed by atoms with Gasteiger partial charge >= 0.3 is 0 Å². The Kier molecular flexibility index (Phi) is 5.72. The van der Waals surface area contributed by atoms with E-state index in [4.69, 9.17) is 9.47 Å². The van der Waals surface area contributed by atoms with Crippen molar-refractivity contribution in [3.05, 3.63) is 59.3 Å². The number of carbonyl (C=O) groups is 2. The maximum absolute atomic E-state index is 13.4. The summed E-state index contributed by atoms with van der Waals surface area (Å²) in [4.78, 5) is 30.2. The number of Topliss-reactive ketones (excluding diaryl/α,β-unsaturated/α-hetero) is 1. The predicted molar refractivity (Wildman–Crippen MR) is 121 cm³/mol. The highest BCUT2D eigenvalue weighted by Crippen LogP contribution is 2.46. The molecule has 1 atom stereocenters. The smallest absolute Gasteiger partial charge is 0.232 e. The van der Waals surface area contributed by atoms with Gasteiger partial charge in [-0.25, -0.2) is 0 Å². The minimum atomic E-state index is -0.216. The Balaban J connectivity index is 1.82. The summed E-state index contributed by atoms with van der Waals surface area (Å²) < 4.78 is 10.9. The monoisotopic (exact) mass is 420 g/mol. The normalized spacial score (nSPS) is 18.7. The molecule has 0 spiro atoms. The molecule has 2 aromatic carbocycles. The molecule has 2 aliphatic rings. The number of methoxy groups -OCH3 is 2. The van der Waals surface area contributed by atoms with E-state index in [1.165, 1.54) is 0 Å². The van der Waals surface area contributed by atoms with Gasteiger partial charge in [0, 0.05) is 55.9 Å². The molecule has 1 unspecified atom stereocenters. The summed E-state index contributed by atoms with van der Waals surface area (Å²) in [6.45, 7) is 0. The third-order valence-electron chi connectivity index (χ3n) is 6.11. The molecule has 0 saturated carbocycles. The number of carbonyl (C=O) groups excluding carboxylic acids is 2. The van der Waals surface area contributed by atoms with Crippen LogP contribution in [-0.2, 0) is 9.59 Å². The Morgan fingerprint density at radius 1 is 0.968 bits per heavy atom. The Hall–Kier alpha value is -3.28. The number of ketones is 1. The largest absolute Gasteiger partial charge is 0.497 e. The second kappa shape index (κ2) is 8.46. The van der Waals surface area contributed by atoms with Crippen molar-refractivity contribution in [2.24, 2.45) is 0 Å².